The third kappa shape index (κ3) is 4.98. The molecule has 0 atom stereocenters. The van der Waals surface area contributed by atoms with E-state index in [2.05, 4.69) is 205 Å². The lowest BCUT2D eigenvalue weighted by Gasteiger charge is -2.30. The lowest BCUT2D eigenvalue weighted by atomic mass is 9.70. The summed E-state index contributed by atoms with van der Waals surface area (Å²) in [6.07, 6.45) is 0. The number of hydrogen-bond acceptors (Lipinski definition) is 3. The topological polar surface area (TPSA) is 43.6 Å². The highest BCUT2D eigenvalue weighted by molar-refractivity contribution is 6.10. The minimum atomic E-state index is -0.349. The fourth-order valence-corrected chi connectivity index (χ4v) is 10.4. The number of hydrogen-bond donors (Lipinski definition) is 0. The van der Waals surface area contributed by atoms with Gasteiger partial charge in [0.05, 0.1) is 16.4 Å². The first-order valence-electron chi connectivity index (χ1n) is 21.2. The van der Waals surface area contributed by atoms with E-state index in [9.17, 15) is 0 Å². The molecule has 0 N–H and O–H groups in total. The first kappa shape index (κ1) is 34.6. The molecule has 2 aliphatic rings. The van der Waals surface area contributed by atoms with Gasteiger partial charge in [-0.2, -0.15) is 0 Å². The standard InChI is InChI=1S/C58H36N4/c1-3-15-38(16-4-1)55-59-56(61-57(60-55)41-32-34-54-48(36-41)46-22-10-14-26-53(46)62(54)42-17-5-2-6-18-42)39-29-27-37(28-30-39)40-31-33-52-47(35-40)45-21-9-13-25-51(45)58(52)49-23-11-7-19-43(49)44-20-8-12-24-50(44)58/h1-36H. The Morgan fingerprint density at radius 3 is 1.40 bits per heavy atom. The molecule has 0 aliphatic heterocycles. The van der Waals surface area contributed by atoms with Crippen molar-refractivity contribution in [2.45, 2.75) is 5.41 Å². The maximum absolute atomic E-state index is 5.17. The molecule has 1 spiro atoms. The van der Waals surface area contributed by atoms with Crippen molar-refractivity contribution in [3.63, 3.8) is 0 Å². The number of benzene rings is 9. The number of aromatic nitrogens is 4. The van der Waals surface area contributed by atoms with Crippen molar-refractivity contribution in [1.29, 1.82) is 0 Å². The molecule has 9 aromatic carbocycles. The quantitative estimate of drug-likeness (QED) is 0.174. The predicted molar refractivity (Wildman–Crippen MR) is 252 cm³/mol. The Labute approximate surface area is 359 Å². The molecular weight excluding hydrogens is 753 g/mol. The van der Waals surface area contributed by atoms with Gasteiger partial charge in [0.1, 0.15) is 0 Å². The minimum Gasteiger partial charge on any atom is -0.309 e. The van der Waals surface area contributed by atoms with E-state index in [0.29, 0.717) is 17.5 Å². The van der Waals surface area contributed by atoms with E-state index in [1.54, 1.807) is 0 Å². The second kappa shape index (κ2) is 13.4. The van der Waals surface area contributed by atoms with E-state index in [0.717, 1.165) is 44.4 Å². The van der Waals surface area contributed by atoms with E-state index >= 15 is 0 Å². The number of nitrogens with zero attached hydrogens (tertiary/aromatic N) is 4. The average molecular weight is 789 g/mol. The van der Waals surface area contributed by atoms with Crippen LogP contribution >= 0.6 is 0 Å². The van der Waals surface area contributed by atoms with Gasteiger partial charge in [0.15, 0.2) is 17.5 Å². The van der Waals surface area contributed by atoms with Crippen LogP contribution in [0.15, 0.2) is 218 Å². The molecule has 0 saturated carbocycles. The van der Waals surface area contributed by atoms with Gasteiger partial charge in [-0.3, -0.25) is 0 Å². The molecule has 0 bridgehead atoms. The van der Waals surface area contributed by atoms with Gasteiger partial charge in [-0.1, -0.05) is 176 Å². The summed E-state index contributed by atoms with van der Waals surface area (Å²) >= 11 is 0. The molecule has 62 heavy (non-hydrogen) atoms. The molecule has 2 heterocycles. The van der Waals surface area contributed by atoms with E-state index in [4.69, 9.17) is 15.0 Å². The highest BCUT2D eigenvalue weighted by atomic mass is 15.0. The van der Waals surface area contributed by atoms with Crippen LogP contribution in [-0.4, -0.2) is 19.5 Å². The zero-order chi connectivity index (χ0) is 40.8. The van der Waals surface area contributed by atoms with Crippen LogP contribution in [0.5, 0.6) is 0 Å². The summed E-state index contributed by atoms with van der Waals surface area (Å²) in [5.74, 6) is 1.91. The highest BCUT2D eigenvalue weighted by Gasteiger charge is 2.51. The van der Waals surface area contributed by atoms with Crippen molar-refractivity contribution in [3.05, 3.63) is 241 Å². The first-order chi connectivity index (χ1) is 30.7. The minimum absolute atomic E-state index is 0.349. The molecule has 0 fully saturated rings. The fraction of sp³-hybridized carbons (Fsp3) is 0.0172. The maximum Gasteiger partial charge on any atom is 0.164 e. The Balaban J connectivity index is 0.915. The second-order valence-electron chi connectivity index (χ2n) is 16.3. The largest absolute Gasteiger partial charge is 0.309 e. The Kier molecular flexibility index (Phi) is 7.49. The van der Waals surface area contributed by atoms with Gasteiger partial charge in [0, 0.05) is 33.2 Å². The molecule has 0 amide bonds. The third-order valence-electron chi connectivity index (χ3n) is 13.1. The molecule has 0 radical (unpaired) electrons. The number of rotatable bonds is 5. The van der Waals surface area contributed by atoms with Crippen LogP contribution in [0.4, 0.5) is 0 Å². The van der Waals surface area contributed by atoms with Gasteiger partial charge < -0.3 is 4.57 Å². The third-order valence-corrected chi connectivity index (χ3v) is 13.1. The lowest BCUT2D eigenvalue weighted by molar-refractivity contribution is 0.794. The Morgan fingerprint density at radius 2 is 0.742 bits per heavy atom. The molecule has 4 nitrogen and oxygen atoms in total. The van der Waals surface area contributed by atoms with Crippen LogP contribution in [0.25, 0.3) is 95.0 Å². The van der Waals surface area contributed by atoms with Crippen LogP contribution in [0.1, 0.15) is 22.3 Å². The van der Waals surface area contributed by atoms with E-state index < -0.39 is 0 Å². The predicted octanol–water partition coefficient (Wildman–Crippen LogP) is 14.0. The SMILES string of the molecule is c1ccc(-c2nc(-c3ccc(-c4ccc5c(c4)-c4ccccc4C54c5ccccc5-c5ccccc54)cc3)nc(-c3ccc4c(c3)c3ccccc3n4-c3ccccc3)n2)cc1. The maximum atomic E-state index is 5.17. The summed E-state index contributed by atoms with van der Waals surface area (Å²) < 4.78 is 2.33. The summed E-state index contributed by atoms with van der Waals surface area (Å²) in [4.78, 5) is 15.4. The van der Waals surface area contributed by atoms with Gasteiger partial charge in [-0.15, -0.1) is 0 Å². The summed E-state index contributed by atoms with van der Waals surface area (Å²) in [7, 11) is 0. The number of para-hydroxylation sites is 2. The zero-order valence-electron chi connectivity index (χ0n) is 33.6. The molecule has 0 unspecified atom stereocenters. The van der Waals surface area contributed by atoms with Crippen LogP contribution in [0, 0.1) is 0 Å². The van der Waals surface area contributed by atoms with Gasteiger partial charge >= 0.3 is 0 Å². The Hall–Kier alpha value is -8.21. The molecule has 2 aromatic heterocycles. The fourth-order valence-electron chi connectivity index (χ4n) is 10.4. The van der Waals surface area contributed by atoms with Crippen LogP contribution in [0.3, 0.4) is 0 Å². The van der Waals surface area contributed by atoms with Crippen LogP contribution < -0.4 is 0 Å². The first-order valence-corrected chi connectivity index (χ1v) is 21.2. The van der Waals surface area contributed by atoms with Crippen molar-refractivity contribution in [2.75, 3.05) is 0 Å². The van der Waals surface area contributed by atoms with E-state index in [1.807, 2.05) is 18.2 Å². The van der Waals surface area contributed by atoms with Crippen LogP contribution in [0.2, 0.25) is 0 Å². The van der Waals surface area contributed by atoms with Gasteiger partial charge in [0.25, 0.3) is 0 Å². The monoisotopic (exact) mass is 788 g/mol. The number of fused-ring (bicyclic) bond motifs is 13. The molecule has 288 valence electrons. The van der Waals surface area contributed by atoms with Crippen molar-refractivity contribution in [3.8, 4) is 73.2 Å². The smallest absolute Gasteiger partial charge is 0.164 e. The molecule has 2 aliphatic carbocycles. The molecule has 11 aromatic rings. The molecule has 0 saturated heterocycles. The lowest BCUT2D eigenvalue weighted by Crippen LogP contribution is -2.25. The summed E-state index contributed by atoms with van der Waals surface area (Å²) in [5.41, 5.74) is 18.8. The molecule has 4 heteroatoms. The highest BCUT2D eigenvalue weighted by Crippen LogP contribution is 2.63. The molecule has 13 rings (SSSR count). The van der Waals surface area contributed by atoms with Gasteiger partial charge in [-0.05, 0) is 98.1 Å². The van der Waals surface area contributed by atoms with Crippen LogP contribution in [-0.2, 0) is 5.41 Å². The second-order valence-corrected chi connectivity index (χ2v) is 16.3. The van der Waals surface area contributed by atoms with Gasteiger partial charge in [0.2, 0.25) is 0 Å². The van der Waals surface area contributed by atoms with Crippen molar-refractivity contribution in [1.82, 2.24) is 19.5 Å². The summed E-state index contributed by atoms with van der Waals surface area (Å²) in [5, 5.41) is 2.34. The van der Waals surface area contributed by atoms with E-state index in [-0.39, 0.29) is 5.41 Å². The zero-order valence-corrected chi connectivity index (χ0v) is 33.6. The van der Waals surface area contributed by atoms with Crippen molar-refractivity contribution >= 4 is 21.8 Å². The van der Waals surface area contributed by atoms with Crippen molar-refractivity contribution in [2.24, 2.45) is 0 Å². The molecular formula is C58H36N4. The van der Waals surface area contributed by atoms with E-state index in [1.165, 1.54) is 55.5 Å². The Morgan fingerprint density at radius 1 is 0.290 bits per heavy atom. The Bertz CT molecular complexity index is 3520. The van der Waals surface area contributed by atoms with Gasteiger partial charge in [-0.25, -0.2) is 15.0 Å². The average Bonchev–Trinajstić information content (AvgIpc) is 3.96. The summed E-state index contributed by atoms with van der Waals surface area (Å²) in [6.45, 7) is 0. The van der Waals surface area contributed by atoms with Crippen molar-refractivity contribution < 1.29 is 0 Å². The summed E-state index contributed by atoms with van der Waals surface area (Å²) in [6, 6.07) is 78.5. The normalized spacial score (nSPS) is 13.0.